The molecule has 0 bridgehead atoms. The van der Waals surface area contributed by atoms with Gasteiger partial charge in [0.2, 0.25) is 0 Å². The first-order valence-electron chi connectivity index (χ1n) is 6.84. The van der Waals surface area contributed by atoms with E-state index < -0.39 is 41.1 Å². The standard InChI is InChI=1S/C14H22O6/c1-5-19-12(16)10-8(3)11(13(17)20-6-2)14(4,18)7-9(10)15/h8,10-11,18H,5-7H2,1-4H3/t8-,10+,11+,14-/m1/s1. The monoisotopic (exact) mass is 286 g/mol. The third kappa shape index (κ3) is 3.17. The van der Waals surface area contributed by atoms with Crippen molar-refractivity contribution in [2.45, 2.75) is 39.7 Å². The van der Waals surface area contributed by atoms with Crippen LogP contribution >= 0.6 is 0 Å². The molecule has 0 heterocycles. The zero-order valence-corrected chi connectivity index (χ0v) is 12.3. The van der Waals surface area contributed by atoms with E-state index in [1.165, 1.54) is 6.92 Å². The highest BCUT2D eigenvalue weighted by Gasteiger charge is 2.54. The minimum atomic E-state index is -1.51. The highest BCUT2D eigenvalue weighted by Crippen LogP contribution is 2.40. The van der Waals surface area contributed by atoms with E-state index in [9.17, 15) is 19.5 Å². The predicted molar refractivity (Wildman–Crippen MR) is 69.7 cm³/mol. The Bertz CT molecular complexity index is 400. The lowest BCUT2D eigenvalue weighted by Crippen LogP contribution is -2.55. The van der Waals surface area contributed by atoms with Crippen LogP contribution in [-0.2, 0) is 23.9 Å². The third-order valence-corrected chi connectivity index (χ3v) is 3.68. The average molecular weight is 286 g/mol. The molecule has 0 aliphatic heterocycles. The van der Waals surface area contributed by atoms with Gasteiger partial charge in [0.25, 0.3) is 0 Å². The summed E-state index contributed by atoms with van der Waals surface area (Å²) >= 11 is 0. The Kier molecular flexibility index (Phi) is 5.28. The van der Waals surface area contributed by atoms with Crippen LogP contribution in [0.2, 0.25) is 0 Å². The van der Waals surface area contributed by atoms with Gasteiger partial charge in [-0.05, 0) is 26.7 Å². The Balaban J connectivity index is 3.05. The highest BCUT2D eigenvalue weighted by molar-refractivity contribution is 6.01. The summed E-state index contributed by atoms with van der Waals surface area (Å²) in [4.78, 5) is 35.9. The summed E-state index contributed by atoms with van der Waals surface area (Å²) in [5, 5.41) is 10.3. The smallest absolute Gasteiger partial charge is 0.316 e. The van der Waals surface area contributed by atoms with E-state index in [1.54, 1.807) is 20.8 Å². The van der Waals surface area contributed by atoms with Gasteiger partial charge in [-0.1, -0.05) is 6.92 Å². The van der Waals surface area contributed by atoms with Crippen LogP contribution in [0.4, 0.5) is 0 Å². The maximum atomic E-state index is 12.0. The molecule has 1 rings (SSSR count). The Labute approximate surface area is 118 Å². The summed E-state index contributed by atoms with van der Waals surface area (Å²) in [7, 11) is 0. The summed E-state index contributed by atoms with van der Waals surface area (Å²) in [6, 6.07) is 0. The number of carbonyl (C=O) groups is 3. The number of ketones is 1. The van der Waals surface area contributed by atoms with Crippen molar-refractivity contribution >= 4 is 17.7 Å². The second kappa shape index (κ2) is 6.35. The van der Waals surface area contributed by atoms with E-state index in [4.69, 9.17) is 9.47 Å². The molecule has 1 aliphatic rings. The molecule has 0 spiro atoms. The van der Waals surface area contributed by atoms with Crippen LogP contribution in [0.3, 0.4) is 0 Å². The molecule has 1 fully saturated rings. The number of carbonyl (C=O) groups excluding carboxylic acids is 3. The molecule has 0 aromatic carbocycles. The molecule has 20 heavy (non-hydrogen) atoms. The van der Waals surface area contributed by atoms with Gasteiger partial charge >= 0.3 is 11.9 Å². The number of aliphatic hydroxyl groups is 1. The van der Waals surface area contributed by atoms with Gasteiger partial charge in [0.15, 0.2) is 0 Å². The summed E-state index contributed by atoms with van der Waals surface area (Å²) in [5.74, 6) is -4.24. The molecule has 114 valence electrons. The Hall–Kier alpha value is -1.43. The second-order valence-corrected chi connectivity index (χ2v) is 5.32. The molecule has 6 heteroatoms. The first-order valence-corrected chi connectivity index (χ1v) is 6.84. The molecule has 4 atom stereocenters. The lowest BCUT2D eigenvalue weighted by atomic mass is 9.64. The molecule has 0 saturated heterocycles. The fraction of sp³-hybridized carbons (Fsp3) is 0.786. The molecule has 0 unspecified atom stereocenters. The lowest BCUT2D eigenvalue weighted by Gasteiger charge is -2.41. The SMILES string of the molecule is CCOC(=O)[C@@H]1C(=O)C[C@@](C)(O)[C@H](C(=O)OCC)[C@@H]1C. The van der Waals surface area contributed by atoms with E-state index in [0.717, 1.165) is 0 Å². The topological polar surface area (TPSA) is 89.9 Å². The quantitative estimate of drug-likeness (QED) is 0.604. The highest BCUT2D eigenvalue weighted by atomic mass is 16.5. The van der Waals surface area contributed by atoms with Gasteiger partial charge in [-0.2, -0.15) is 0 Å². The number of esters is 2. The van der Waals surface area contributed by atoms with Crippen molar-refractivity contribution in [3.05, 3.63) is 0 Å². The maximum absolute atomic E-state index is 12.0. The van der Waals surface area contributed by atoms with Crippen LogP contribution in [0.15, 0.2) is 0 Å². The molecular formula is C14H22O6. The fourth-order valence-corrected chi connectivity index (χ4v) is 2.90. The van der Waals surface area contributed by atoms with Crippen molar-refractivity contribution in [2.75, 3.05) is 13.2 Å². The van der Waals surface area contributed by atoms with Gasteiger partial charge in [0, 0.05) is 6.42 Å². The average Bonchev–Trinajstić information content (AvgIpc) is 2.27. The molecule has 0 amide bonds. The van der Waals surface area contributed by atoms with Crippen LogP contribution in [-0.4, -0.2) is 41.6 Å². The van der Waals surface area contributed by atoms with Gasteiger partial charge in [-0.3, -0.25) is 14.4 Å². The van der Waals surface area contributed by atoms with Gasteiger partial charge in [0.1, 0.15) is 11.7 Å². The molecule has 1 saturated carbocycles. The van der Waals surface area contributed by atoms with E-state index in [0.29, 0.717) is 0 Å². The van der Waals surface area contributed by atoms with Crippen LogP contribution < -0.4 is 0 Å². The number of rotatable bonds is 4. The zero-order chi connectivity index (χ0) is 15.5. The Morgan fingerprint density at radius 2 is 1.75 bits per heavy atom. The van der Waals surface area contributed by atoms with Crippen LogP contribution in [0.5, 0.6) is 0 Å². The van der Waals surface area contributed by atoms with Gasteiger partial charge in [-0.25, -0.2) is 0 Å². The van der Waals surface area contributed by atoms with Crippen molar-refractivity contribution in [1.82, 2.24) is 0 Å². The summed E-state index contributed by atoms with van der Waals surface area (Å²) in [6.07, 6.45) is -0.260. The molecule has 6 nitrogen and oxygen atoms in total. The van der Waals surface area contributed by atoms with Crippen LogP contribution in [0.25, 0.3) is 0 Å². The Morgan fingerprint density at radius 3 is 2.25 bits per heavy atom. The zero-order valence-electron chi connectivity index (χ0n) is 12.3. The molecular weight excluding hydrogens is 264 g/mol. The van der Waals surface area contributed by atoms with Crippen LogP contribution in [0.1, 0.15) is 34.1 Å². The molecule has 1 aliphatic carbocycles. The van der Waals surface area contributed by atoms with Crippen molar-refractivity contribution in [3.8, 4) is 0 Å². The van der Waals surface area contributed by atoms with Crippen molar-refractivity contribution in [2.24, 2.45) is 17.8 Å². The summed E-state index contributed by atoms with van der Waals surface area (Å²) in [6.45, 7) is 6.66. The molecule has 0 aromatic heterocycles. The summed E-state index contributed by atoms with van der Waals surface area (Å²) in [5.41, 5.74) is -1.51. The first-order chi connectivity index (χ1) is 9.26. The van der Waals surface area contributed by atoms with Crippen molar-refractivity contribution in [3.63, 3.8) is 0 Å². The van der Waals surface area contributed by atoms with Crippen molar-refractivity contribution < 1.29 is 29.0 Å². The van der Waals surface area contributed by atoms with E-state index >= 15 is 0 Å². The van der Waals surface area contributed by atoms with Gasteiger partial charge < -0.3 is 14.6 Å². The second-order valence-electron chi connectivity index (χ2n) is 5.32. The number of hydrogen-bond donors (Lipinski definition) is 1. The van der Waals surface area contributed by atoms with E-state index in [2.05, 4.69) is 0 Å². The summed E-state index contributed by atoms with van der Waals surface area (Å²) < 4.78 is 9.83. The largest absolute Gasteiger partial charge is 0.466 e. The van der Waals surface area contributed by atoms with E-state index in [1.807, 2.05) is 0 Å². The molecule has 1 N–H and O–H groups in total. The minimum Gasteiger partial charge on any atom is -0.466 e. The molecule has 0 aromatic rings. The van der Waals surface area contributed by atoms with Crippen molar-refractivity contribution in [1.29, 1.82) is 0 Å². The first kappa shape index (κ1) is 16.6. The van der Waals surface area contributed by atoms with Gasteiger partial charge in [0.05, 0.1) is 24.7 Å². The number of Topliss-reactive ketones (excluding diaryl/α,β-unsaturated/α-hetero) is 1. The predicted octanol–water partition coefficient (Wildman–Crippen LogP) is 0.705. The lowest BCUT2D eigenvalue weighted by molar-refractivity contribution is -0.176. The van der Waals surface area contributed by atoms with E-state index in [-0.39, 0.29) is 19.6 Å². The maximum Gasteiger partial charge on any atom is 0.316 e. The molecule has 0 radical (unpaired) electrons. The minimum absolute atomic E-state index is 0.162. The van der Waals surface area contributed by atoms with Gasteiger partial charge in [-0.15, -0.1) is 0 Å². The van der Waals surface area contributed by atoms with Crippen LogP contribution in [0, 0.1) is 17.8 Å². The Morgan fingerprint density at radius 1 is 1.25 bits per heavy atom. The number of ether oxygens (including phenoxy) is 2. The third-order valence-electron chi connectivity index (χ3n) is 3.68. The fourth-order valence-electron chi connectivity index (χ4n) is 2.90. The number of hydrogen-bond acceptors (Lipinski definition) is 6. The normalized spacial score (nSPS) is 33.6.